The second kappa shape index (κ2) is 29.5. The molecule has 0 aliphatic rings. The van der Waals surface area contributed by atoms with Crippen LogP contribution >= 0.6 is 27.5 Å². The maximum Gasteiger partial charge on any atom is 0.369 e. The minimum Gasteiger partial charge on any atom is -0.488 e. The van der Waals surface area contributed by atoms with Gasteiger partial charge in [-0.25, -0.2) is 23.6 Å². The van der Waals surface area contributed by atoms with E-state index in [0.717, 1.165) is 65.9 Å². The average Bonchev–Trinajstić information content (AvgIpc) is 1.86. The first-order valence-corrected chi connectivity index (χ1v) is 27.7. The third-order valence-electron chi connectivity index (χ3n) is 12.7. The number of aryl methyl sites for hydroxylation is 8. The number of hydrogen-bond donors (Lipinski definition) is 0. The van der Waals surface area contributed by atoms with Crippen LogP contribution in [0.5, 0.6) is 23.0 Å². The van der Waals surface area contributed by atoms with E-state index < -0.39 is 28.6 Å². The van der Waals surface area contributed by atoms with E-state index in [2.05, 4.69) is 98.4 Å². The van der Waals surface area contributed by atoms with Gasteiger partial charge >= 0.3 is 22.8 Å². The number of nitrogens with zero attached hydrogens (tertiary/aromatic N) is 24. The van der Waals surface area contributed by atoms with E-state index in [1.54, 1.807) is 85.8 Å². The van der Waals surface area contributed by atoms with Gasteiger partial charge in [0.25, 0.3) is 0 Å². The number of aromatic nitrogens is 24. The van der Waals surface area contributed by atoms with Gasteiger partial charge in [0.2, 0.25) is 0 Å². The van der Waals surface area contributed by atoms with Crippen LogP contribution in [0.15, 0.2) is 151 Å². The van der Waals surface area contributed by atoms with Gasteiger partial charge in [-0.15, -0.1) is 39.1 Å². The zero-order chi connectivity index (χ0) is 68.2. The summed E-state index contributed by atoms with van der Waals surface area (Å²) >= 11 is 9.58. The van der Waals surface area contributed by atoms with Crippen LogP contribution < -0.4 is 41.7 Å². The Hall–Kier alpha value is -11.4. The lowest BCUT2D eigenvalue weighted by molar-refractivity contribution is 0.295. The summed E-state index contributed by atoms with van der Waals surface area (Å²) in [6.07, 6.45) is 5.33. The van der Waals surface area contributed by atoms with Gasteiger partial charge in [-0.05, 0) is 138 Å². The Bertz CT molecular complexity index is 4640. The molecule has 0 atom stereocenters. The summed E-state index contributed by atoms with van der Waals surface area (Å²) in [5, 5.41) is 60.4. The number of tetrazole rings is 4. The molecule has 0 fully saturated rings. The summed E-state index contributed by atoms with van der Waals surface area (Å²) < 4.78 is 76.3. The molecule has 8 aromatic heterocycles. The zero-order valence-corrected chi connectivity index (χ0v) is 51.6. The lowest BCUT2D eigenvalue weighted by atomic mass is 10.2. The molecule has 12 rings (SSSR count). The average molecular weight is 1330 g/mol. The van der Waals surface area contributed by atoms with Crippen LogP contribution in [0.4, 0.5) is 4.39 Å². The van der Waals surface area contributed by atoms with E-state index in [1.807, 2.05) is 20.8 Å². The highest BCUT2D eigenvalue weighted by Gasteiger charge is 2.21. The number of halogens is 3. The predicted molar refractivity (Wildman–Crippen MR) is 323 cm³/mol. The highest BCUT2D eigenvalue weighted by Crippen LogP contribution is 2.26. The highest BCUT2D eigenvalue weighted by molar-refractivity contribution is 9.10. The molecule has 0 amide bonds. The van der Waals surface area contributed by atoms with Crippen molar-refractivity contribution in [3.63, 3.8) is 0 Å². The van der Waals surface area contributed by atoms with Crippen molar-refractivity contribution in [1.82, 2.24) is 120 Å². The van der Waals surface area contributed by atoms with E-state index in [-0.39, 0.29) is 55.3 Å². The van der Waals surface area contributed by atoms with Crippen molar-refractivity contribution in [2.24, 2.45) is 28.2 Å². The number of hydrogen-bond acceptors (Lipinski definition) is 24. The number of benzene rings is 4. The molecular formula is C56H53BrClFN24O8. The monoisotopic (exact) mass is 1330 g/mol. The second-order valence-electron chi connectivity index (χ2n) is 19.0. The van der Waals surface area contributed by atoms with Gasteiger partial charge in [0, 0.05) is 38.2 Å². The van der Waals surface area contributed by atoms with Crippen LogP contribution in [0.2, 0.25) is 5.02 Å². The SMILES string of the molecule is [3H]c1ccc(OCc2c(Br)cnnc2-n2nnn(C)c2=O)c(C)c1.[3H]c1ccc(OCc2c(Cl)cnnc2-n2nnn(C)c2=O)c(C)c1.[3H]c1ccc(OCc2c(F)cnnc2-n2nnn(C)c2=O)c(C)c1.[3H]c1ccc(OCc2ccnnc2-n2nnn(C)c2=O)c(C)c1. The summed E-state index contributed by atoms with van der Waals surface area (Å²) in [4.78, 5) is 48.0. The third-order valence-corrected chi connectivity index (χ3v) is 13.7. The van der Waals surface area contributed by atoms with Gasteiger partial charge in [-0.3, -0.25) is 0 Å². The Morgan fingerprint density at radius 3 is 1.19 bits per heavy atom. The van der Waals surface area contributed by atoms with E-state index in [0.29, 0.717) is 73.4 Å². The van der Waals surface area contributed by atoms with Crippen LogP contribution in [0.3, 0.4) is 0 Å². The maximum absolute atomic E-state index is 14.2. The van der Waals surface area contributed by atoms with Crippen LogP contribution in [0, 0.1) is 33.5 Å². The van der Waals surface area contributed by atoms with Crippen LogP contribution in [-0.2, 0) is 54.6 Å². The Morgan fingerprint density at radius 1 is 0.440 bits per heavy atom. The molecule has 8 heterocycles. The van der Waals surface area contributed by atoms with E-state index >= 15 is 0 Å². The van der Waals surface area contributed by atoms with Gasteiger partial charge in [0.05, 0.1) is 52.0 Å². The van der Waals surface area contributed by atoms with E-state index in [1.165, 1.54) is 46.8 Å². The minimum atomic E-state index is -0.674. The van der Waals surface area contributed by atoms with Gasteiger partial charge in [-0.1, -0.05) is 84.3 Å². The second-order valence-corrected chi connectivity index (χ2v) is 20.2. The minimum absolute atomic E-state index is 0.0296. The molecule has 4 aromatic carbocycles. The number of rotatable bonds is 16. The van der Waals surface area contributed by atoms with E-state index in [9.17, 15) is 23.6 Å². The molecule has 91 heavy (non-hydrogen) atoms. The van der Waals surface area contributed by atoms with Crippen molar-refractivity contribution in [3.8, 4) is 46.3 Å². The molecular weight excluding hydrogens is 1270 g/mol. The summed E-state index contributed by atoms with van der Waals surface area (Å²) in [5.41, 5.74) is 3.12. The van der Waals surface area contributed by atoms with Crippen molar-refractivity contribution >= 4 is 27.5 Å². The fourth-order valence-electron chi connectivity index (χ4n) is 7.73. The van der Waals surface area contributed by atoms with Crippen molar-refractivity contribution in [2.45, 2.75) is 54.1 Å². The van der Waals surface area contributed by atoms with Gasteiger partial charge in [0.1, 0.15) is 49.4 Å². The van der Waals surface area contributed by atoms with Crippen molar-refractivity contribution in [1.29, 1.82) is 0 Å². The zero-order valence-electron chi connectivity index (χ0n) is 53.3. The van der Waals surface area contributed by atoms with Gasteiger partial charge in [-0.2, -0.15) is 39.1 Å². The summed E-state index contributed by atoms with van der Waals surface area (Å²) in [6.45, 7) is 7.56. The highest BCUT2D eigenvalue weighted by atomic mass is 79.9. The Kier molecular flexibility index (Phi) is 19.0. The first-order valence-electron chi connectivity index (χ1n) is 28.6. The lowest BCUT2D eigenvalue weighted by Crippen LogP contribution is -2.24. The van der Waals surface area contributed by atoms with Crippen molar-refractivity contribution in [2.75, 3.05) is 0 Å². The quantitative estimate of drug-likeness (QED) is 0.131. The van der Waals surface area contributed by atoms with Gasteiger partial charge < -0.3 is 18.9 Å². The first-order chi connectivity index (χ1) is 45.5. The van der Waals surface area contributed by atoms with Crippen molar-refractivity contribution in [3.05, 3.63) is 230 Å². The molecule has 0 unspecified atom stereocenters. The van der Waals surface area contributed by atoms with Gasteiger partial charge in [0.15, 0.2) is 29.1 Å². The molecule has 0 aliphatic carbocycles. The first kappa shape index (κ1) is 58.6. The molecule has 466 valence electrons. The molecule has 0 N–H and O–H groups in total. The molecule has 0 aliphatic heterocycles. The summed E-state index contributed by atoms with van der Waals surface area (Å²) in [5.74, 6) is 2.35. The smallest absolute Gasteiger partial charge is 0.369 e. The molecule has 0 saturated carbocycles. The lowest BCUT2D eigenvalue weighted by Gasteiger charge is -2.11. The molecule has 0 spiro atoms. The van der Waals surface area contributed by atoms with Crippen molar-refractivity contribution < 1.29 is 28.8 Å². The van der Waals surface area contributed by atoms with Crippen LogP contribution in [0.25, 0.3) is 23.3 Å². The summed E-state index contributed by atoms with van der Waals surface area (Å²) in [6, 6.07) is 23.3. The summed E-state index contributed by atoms with van der Waals surface area (Å²) in [7, 11) is 5.90. The van der Waals surface area contributed by atoms with Crippen LogP contribution in [-0.4, -0.2) is 120 Å². The van der Waals surface area contributed by atoms with E-state index in [4.69, 9.17) is 36.0 Å². The third kappa shape index (κ3) is 15.3. The standard InChI is InChI=1S/C14H13BrN6O2.C14H13ClN6O2.C14H13FN6O2.C14H14N6O2/c3*1-9-5-3-4-6-12(9)23-8-10-11(15)7-16-17-13(10)21-14(22)20(2)18-19-21;1-10-5-3-4-6-12(10)22-9-11-7-8-15-16-13(11)20-14(21)19(2)17-18-20/h3*3-7H,8H2,1-2H3;3-8H,9H2,1-2H3/i4*3T. The molecule has 32 nitrogen and oxygen atoms in total. The normalized spacial score (nSPS) is 11.3. The Balaban J connectivity index is 0.000000149. The maximum atomic E-state index is 14.2. The number of ether oxygens (including phenoxy) is 4. The Labute approximate surface area is 532 Å². The fraction of sp³-hybridized carbons (Fsp3) is 0.214. The fourth-order valence-corrected chi connectivity index (χ4v) is 8.29. The molecule has 0 saturated heterocycles. The molecule has 0 radical (unpaired) electrons. The molecule has 35 heteroatoms. The topological polar surface area (TPSA) is 351 Å². The predicted octanol–water partition coefficient (Wildman–Crippen LogP) is 4.13. The van der Waals surface area contributed by atoms with Crippen LogP contribution in [0.1, 0.15) is 50.0 Å². The number of para-hydroxylation sites is 4. The molecule has 12 aromatic rings. The Morgan fingerprint density at radius 2 is 0.780 bits per heavy atom. The molecule has 0 bridgehead atoms. The largest absolute Gasteiger partial charge is 0.488 e.